The van der Waals surface area contributed by atoms with Gasteiger partial charge in [0.15, 0.2) is 0 Å². The normalized spacial score (nSPS) is 11.0. The minimum absolute atomic E-state index is 0.625. The van der Waals surface area contributed by atoms with Crippen molar-refractivity contribution in [2.45, 2.75) is 6.92 Å². The van der Waals surface area contributed by atoms with Crippen molar-refractivity contribution in [2.24, 2.45) is 0 Å². The van der Waals surface area contributed by atoms with Crippen LogP contribution >= 0.6 is 11.5 Å². The van der Waals surface area contributed by atoms with Crippen LogP contribution in [0.5, 0.6) is 0 Å². The Bertz CT molecular complexity index is 316. The van der Waals surface area contributed by atoms with Gasteiger partial charge in [-0.3, -0.25) is 0 Å². The van der Waals surface area contributed by atoms with E-state index in [1.54, 1.807) is 7.11 Å². The minimum atomic E-state index is 0.625. The molecular weight excluding hydrogens is 224 g/mol. The maximum Gasteiger partial charge on any atom is 0.142 e. The van der Waals surface area contributed by atoms with Gasteiger partial charge in [-0.05, 0) is 25.5 Å². The molecule has 0 aliphatic rings. The average molecular weight is 244 g/mol. The number of likely N-dealkylation sites (N-methyl/N-ethyl adjacent to an activating group) is 1. The summed E-state index contributed by atoms with van der Waals surface area (Å²) in [5, 5.41) is 4.40. The SMILES string of the molecule is COCCN(C)CCNc1snc(N)c1C. The van der Waals surface area contributed by atoms with Crippen molar-refractivity contribution in [2.75, 3.05) is 51.4 Å². The first kappa shape index (κ1) is 13.2. The topological polar surface area (TPSA) is 63.4 Å². The molecule has 16 heavy (non-hydrogen) atoms. The fraction of sp³-hybridized carbons (Fsp3) is 0.700. The monoisotopic (exact) mass is 244 g/mol. The summed E-state index contributed by atoms with van der Waals surface area (Å²) < 4.78 is 9.10. The number of hydrogen-bond acceptors (Lipinski definition) is 6. The number of methoxy groups -OCH3 is 1. The number of anilines is 2. The second kappa shape index (κ2) is 6.67. The molecule has 0 bridgehead atoms. The van der Waals surface area contributed by atoms with Gasteiger partial charge in [0.1, 0.15) is 10.8 Å². The molecule has 0 atom stereocenters. The molecule has 6 heteroatoms. The second-order valence-corrected chi connectivity index (χ2v) is 4.52. The number of hydrogen-bond donors (Lipinski definition) is 2. The number of nitrogens with two attached hydrogens (primary N) is 1. The van der Waals surface area contributed by atoms with E-state index in [2.05, 4.69) is 21.6 Å². The van der Waals surface area contributed by atoms with Crippen molar-refractivity contribution in [1.29, 1.82) is 0 Å². The Morgan fingerprint density at radius 3 is 2.81 bits per heavy atom. The highest BCUT2D eigenvalue weighted by Crippen LogP contribution is 2.24. The molecule has 1 aromatic heterocycles. The Kier molecular flexibility index (Phi) is 5.51. The van der Waals surface area contributed by atoms with Gasteiger partial charge in [-0.2, -0.15) is 4.37 Å². The lowest BCUT2D eigenvalue weighted by Crippen LogP contribution is -2.28. The summed E-state index contributed by atoms with van der Waals surface area (Å²) in [5.74, 6) is 0.625. The Morgan fingerprint density at radius 1 is 1.50 bits per heavy atom. The average Bonchev–Trinajstić information content (AvgIpc) is 2.58. The predicted molar refractivity (Wildman–Crippen MR) is 69.1 cm³/mol. The van der Waals surface area contributed by atoms with Crippen molar-refractivity contribution in [3.05, 3.63) is 5.56 Å². The summed E-state index contributed by atoms with van der Waals surface area (Å²) in [6.45, 7) is 5.56. The van der Waals surface area contributed by atoms with E-state index in [0.717, 1.165) is 36.8 Å². The zero-order valence-corrected chi connectivity index (χ0v) is 10.9. The van der Waals surface area contributed by atoms with Crippen LogP contribution in [0.4, 0.5) is 10.8 Å². The van der Waals surface area contributed by atoms with E-state index < -0.39 is 0 Å². The number of nitrogens with one attached hydrogen (secondary N) is 1. The van der Waals surface area contributed by atoms with E-state index in [-0.39, 0.29) is 0 Å². The van der Waals surface area contributed by atoms with Crippen LogP contribution in [0.1, 0.15) is 5.56 Å². The molecule has 92 valence electrons. The van der Waals surface area contributed by atoms with Crippen LogP contribution in [0.3, 0.4) is 0 Å². The lowest BCUT2D eigenvalue weighted by atomic mass is 10.3. The standard InChI is InChI=1S/C10H20N4OS/c1-8-9(11)13-16-10(8)12-4-5-14(2)6-7-15-3/h12H,4-7H2,1-3H3,(H2,11,13). The number of aromatic nitrogens is 1. The Morgan fingerprint density at radius 2 is 2.25 bits per heavy atom. The van der Waals surface area contributed by atoms with E-state index in [0.29, 0.717) is 5.82 Å². The molecule has 5 nitrogen and oxygen atoms in total. The number of nitrogen functional groups attached to an aromatic ring is 1. The molecule has 0 saturated carbocycles. The Labute approximate surface area is 101 Å². The molecule has 1 rings (SSSR count). The highest BCUT2D eigenvalue weighted by atomic mass is 32.1. The van der Waals surface area contributed by atoms with Crippen LogP contribution in [0, 0.1) is 6.92 Å². The van der Waals surface area contributed by atoms with Crippen LogP contribution in [0.25, 0.3) is 0 Å². The minimum Gasteiger partial charge on any atom is -0.383 e. The lowest BCUT2D eigenvalue weighted by Gasteiger charge is -2.16. The van der Waals surface area contributed by atoms with Crippen molar-refractivity contribution in [3.8, 4) is 0 Å². The smallest absolute Gasteiger partial charge is 0.142 e. The third-order valence-electron chi connectivity index (χ3n) is 2.42. The fourth-order valence-electron chi connectivity index (χ4n) is 1.23. The van der Waals surface area contributed by atoms with E-state index in [4.69, 9.17) is 10.5 Å². The van der Waals surface area contributed by atoms with E-state index in [1.807, 2.05) is 6.92 Å². The van der Waals surface area contributed by atoms with E-state index >= 15 is 0 Å². The molecule has 0 spiro atoms. The maximum absolute atomic E-state index is 5.67. The number of rotatable bonds is 7. The summed E-state index contributed by atoms with van der Waals surface area (Å²) >= 11 is 1.42. The Balaban J connectivity index is 2.22. The summed E-state index contributed by atoms with van der Waals surface area (Å²) in [6, 6.07) is 0. The molecule has 0 fully saturated rings. The largest absolute Gasteiger partial charge is 0.383 e. The molecule has 0 unspecified atom stereocenters. The summed E-state index contributed by atoms with van der Waals surface area (Å²) in [6.07, 6.45) is 0. The zero-order chi connectivity index (χ0) is 12.0. The fourth-order valence-corrected chi connectivity index (χ4v) is 1.97. The predicted octanol–water partition coefficient (Wildman–Crippen LogP) is 1.02. The van der Waals surface area contributed by atoms with Crippen molar-refractivity contribution in [3.63, 3.8) is 0 Å². The van der Waals surface area contributed by atoms with Gasteiger partial charge in [-0.25, -0.2) is 0 Å². The first-order valence-electron chi connectivity index (χ1n) is 5.28. The third kappa shape index (κ3) is 3.96. The van der Waals surface area contributed by atoms with Gasteiger partial charge in [0.25, 0.3) is 0 Å². The number of ether oxygens (including phenoxy) is 1. The van der Waals surface area contributed by atoms with Gasteiger partial charge in [0.2, 0.25) is 0 Å². The first-order valence-corrected chi connectivity index (χ1v) is 6.05. The third-order valence-corrected chi connectivity index (χ3v) is 3.34. The summed E-state index contributed by atoms with van der Waals surface area (Å²) in [7, 11) is 3.80. The van der Waals surface area contributed by atoms with Gasteiger partial charge < -0.3 is 20.7 Å². The van der Waals surface area contributed by atoms with Gasteiger partial charge >= 0.3 is 0 Å². The van der Waals surface area contributed by atoms with Gasteiger partial charge in [0.05, 0.1) is 6.61 Å². The summed E-state index contributed by atoms with van der Waals surface area (Å²) in [5.41, 5.74) is 6.72. The molecule has 1 heterocycles. The highest BCUT2D eigenvalue weighted by Gasteiger charge is 2.05. The molecule has 0 radical (unpaired) electrons. The molecule has 0 aliphatic carbocycles. The van der Waals surface area contributed by atoms with Gasteiger partial charge in [-0.15, -0.1) is 0 Å². The molecular formula is C10H20N4OS. The van der Waals surface area contributed by atoms with Crippen molar-refractivity contribution >= 4 is 22.4 Å². The van der Waals surface area contributed by atoms with Gasteiger partial charge in [-0.1, -0.05) is 0 Å². The van der Waals surface area contributed by atoms with E-state index in [1.165, 1.54) is 11.5 Å². The van der Waals surface area contributed by atoms with Crippen LogP contribution in [0.15, 0.2) is 0 Å². The van der Waals surface area contributed by atoms with Crippen molar-refractivity contribution < 1.29 is 4.74 Å². The quantitative estimate of drug-likeness (QED) is 0.750. The van der Waals surface area contributed by atoms with Crippen molar-refractivity contribution in [1.82, 2.24) is 9.27 Å². The highest BCUT2D eigenvalue weighted by molar-refractivity contribution is 7.10. The zero-order valence-electron chi connectivity index (χ0n) is 10.1. The lowest BCUT2D eigenvalue weighted by molar-refractivity contribution is 0.163. The molecule has 0 aliphatic heterocycles. The molecule has 1 aromatic rings. The van der Waals surface area contributed by atoms with Crippen LogP contribution in [-0.2, 0) is 4.74 Å². The Hall–Kier alpha value is -0.850. The van der Waals surface area contributed by atoms with Crippen LogP contribution in [0.2, 0.25) is 0 Å². The summed E-state index contributed by atoms with van der Waals surface area (Å²) in [4.78, 5) is 2.22. The van der Waals surface area contributed by atoms with Crippen LogP contribution < -0.4 is 11.1 Å². The molecule has 3 N–H and O–H groups in total. The van der Waals surface area contributed by atoms with Crippen LogP contribution in [-0.4, -0.2) is 49.7 Å². The number of nitrogens with zero attached hydrogens (tertiary/aromatic N) is 2. The maximum atomic E-state index is 5.67. The second-order valence-electron chi connectivity index (χ2n) is 3.74. The molecule has 0 aromatic carbocycles. The molecule has 0 amide bonds. The van der Waals surface area contributed by atoms with Gasteiger partial charge in [0, 0.05) is 32.3 Å². The molecule has 0 saturated heterocycles. The first-order chi connectivity index (χ1) is 7.65. The van der Waals surface area contributed by atoms with E-state index in [9.17, 15) is 0 Å².